The van der Waals surface area contributed by atoms with Crippen molar-refractivity contribution in [1.29, 1.82) is 0 Å². The highest BCUT2D eigenvalue weighted by Crippen LogP contribution is 2.40. The first-order valence-corrected chi connectivity index (χ1v) is 10.3. The maximum absolute atomic E-state index is 9.47. The fraction of sp³-hybridized carbons (Fsp3) is 0.0714. The molecule has 1 N–H and O–H groups in total. The Kier molecular flexibility index (Phi) is 5.03. The van der Waals surface area contributed by atoms with E-state index in [4.69, 9.17) is 4.74 Å². The number of fused-ring (bicyclic) bond motifs is 2. The molecule has 0 atom stereocenters. The molecule has 0 aliphatic carbocycles. The predicted molar refractivity (Wildman–Crippen MR) is 129 cm³/mol. The molecule has 0 spiro atoms. The molecule has 0 aliphatic rings. The van der Waals surface area contributed by atoms with Gasteiger partial charge in [-0.2, -0.15) is 0 Å². The molecule has 0 unspecified atom stereocenters. The van der Waals surface area contributed by atoms with E-state index in [1.807, 2.05) is 24.3 Å². The molecule has 5 aromatic carbocycles. The molecule has 31 heavy (non-hydrogen) atoms. The molecule has 0 aromatic heterocycles. The van der Waals surface area contributed by atoms with Gasteiger partial charge in [-0.25, -0.2) is 0 Å². The molecular weight excluding hydrogens is 382 g/mol. The maximum Gasteiger partial charge on any atom is 0.119 e. The van der Waals surface area contributed by atoms with Crippen LogP contribution in [0.1, 0.15) is 5.56 Å². The third-order valence-corrected chi connectivity index (χ3v) is 5.67. The number of benzene rings is 5. The van der Waals surface area contributed by atoms with Gasteiger partial charge in [-0.15, -0.1) is 0 Å². The Labute approximate surface area is 181 Å². The van der Waals surface area contributed by atoms with Crippen LogP contribution in [0.5, 0.6) is 5.75 Å². The highest BCUT2D eigenvalue weighted by atomic mass is 16.5. The van der Waals surface area contributed by atoms with Gasteiger partial charge in [-0.1, -0.05) is 48.5 Å². The molecule has 0 amide bonds. The lowest BCUT2D eigenvalue weighted by molar-refractivity contribution is 0.282. The van der Waals surface area contributed by atoms with E-state index in [-0.39, 0.29) is 6.61 Å². The van der Waals surface area contributed by atoms with Crippen molar-refractivity contribution in [2.45, 2.75) is 6.61 Å². The number of anilines is 3. The van der Waals surface area contributed by atoms with Gasteiger partial charge in [0.1, 0.15) is 5.75 Å². The van der Waals surface area contributed by atoms with Crippen molar-refractivity contribution < 1.29 is 9.84 Å². The van der Waals surface area contributed by atoms with Crippen molar-refractivity contribution >= 4 is 38.6 Å². The summed E-state index contributed by atoms with van der Waals surface area (Å²) in [6.07, 6.45) is 0. The van der Waals surface area contributed by atoms with E-state index in [2.05, 4.69) is 83.8 Å². The van der Waals surface area contributed by atoms with E-state index in [1.165, 1.54) is 21.5 Å². The standard InChI is InChI=1S/C28H23NO2/c1-31-26-15-13-25(14-16-26)29(24-11-9-20(19-30)10-12-24)28-8-4-7-23-17-21-5-2-3-6-22(21)18-27(23)28/h2-18,30H,19H2,1H3. The molecule has 5 aromatic rings. The zero-order chi connectivity index (χ0) is 21.2. The second kappa shape index (κ2) is 8.13. The Morgan fingerprint density at radius 3 is 1.94 bits per heavy atom. The molecule has 3 nitrogen and oxygen atoms in total. The number of aliphatic hydroxyl groups is 1. The van der Waals surface area contributed by atoms with Gasteiger partial charge >= 0.3 is 0 Å². The Bertz CT molecular complexity index is 1290. The number of hydrogen-bond donors (Lipinski definition) is 1. The van der Waals surface area contributed by atoms with Gasteiger partial charge in [-0.3, -0.25) is 0 Å². The van der Waals surface area contributed by atoms with Gasteiger partial charge in [0.2, 0.25) is 0 Å². The SMILES string of the molecule is COc1ccc(N(c2ccc(CO)cc2)c2cccc3cc4ccccc4cc23)cc1. The lowest BCUT2D eigenvalue weighted by atomic mass is 10.0. The number of rotatable bonds is 5. The lowest BCUT2D eigenvalue weighted by Gasteiger charge is -2.27. The summed E-state index contributed by atoms with van der Waals surface area (Å²) in [5.74, 6) is 0.822. The second-order valence-corrected chi connectivity index (χ2v) is 7.56. The fourth-order valence-corrected chi connectivity index (χ4v) is 4.05. The van der Waals surface area contributed by atoms with Crippen LogP contribution < -0.4 is 9.64 Å². The van der Waals surface area contributed by atoms with Crippen molar-refractivity contribution in [3.05, 3.63) is 109 Å². The zero-order valence-corrected chi connectivity index (χ0v) is 17.3. The van der Waals surface area contributed by atoms with Crippen molar-refractivity contribution in [1.82, 2.24) is 0 Å². The average Bonchev–Trinajstić information content (AvgIpc) is 2.84. The Balaban J connectivity index is 1.75. The molecule has 152 valence electrons. The smallest absolute Gasteiger partial charge is 0.119 e. The summed E-state index contributed by atoms with van der Waals surface area (Å²) >= 11 is 0. The van der Waals surface area contributed by atoms with Gasteiger partial charge in [0.05, 0.1) is 19.4 Å². The first kappa shape index (κ1) is 19.2. The molecule has 0 saturated carbocycles. The number of methoxy groups -OCH3 is 1. The molecule has 0 heterocycles. The largest absolute Gasteiger partial charge is 0.497 e. The van der Waals surface area contributed by atoms with Crippen LogP contribution in [0.15, 0.2) is 103 Å². The molecular formula is C28H23NO2. The van der Waals surface area contributed by atoms with Crippen LogP contribution in [-0.2, 0) is 6.61 Å². The second-order valence-electron chi connectivity index (χ2n) is 7.56. The van der Waals surface area contributed by atoms with E-state index in [9.17, 15) is 5.11 Å². The van der Waals surface area contributed by atoms with Crippen LogP contribution in [0, 0.1) is 0 Å². The molecule has 0 bridgehead atoms. The third kappa shape index (κ3) is 3.60. The highest BCUT2D eigenvalue weighted by molar-refractivity contribution is 6.06. The number of hydrogen-bond acceptors (Lipinski definition) is 3. The van der Waals surface area contributed by atoms with E-state index in [1.54, 1.807) is 7.11 Å². The van der Waals surface area contributed by atoms with Crippen LogP contribution in [-0.4, -0.2) is 12.2 Å². The topological polar surface area (TPSA) is 32.7 Å². The minimum Gasteiger partial charge on any atom is -0.497 e. The van der Waals surface area contributed by atoms with Crippen LogP contribution in [0.25, 0.3) is 21.5 Å². The summed E-state index contributed by atoms with van der Waals surface area (Å²) in [7, 11) is 1.68. The first-order chi connectivity index (χ1) is 15.3. The lowest BCUT2D eigenvalue weighted by Crippen LogP contribution is -2.10. The Morgan fingerprint density at radius 2 is 1.29 bits per heavy atom. The van der Waals surface area contributed by atoms with E-state index < -0.39 is 0 Å². The minimum atomic E-state index is 0.0308. The van der Waals surface area contributed by atoms with Crippen molar-refractivity contribution in [2.75, 3.05) is 12.0 Å². The van der Waals surface area contributed by atoms with Crippen molar-refractivity contribution in [2.24, 2.45) is 0 Å². The normalized spacial score (nSPS) is 11.0. The van der Waals surface area contributed by atoms with E-state index in [0.717, 1.165) is 28.4 Å². The fourth-order valence-electron chi connectivity index (χ4n) is 4.05. The molecule has 0 radical (unpaired) electrons. The number of nitrogens with zero attached hydrogens (tertiary/aromatic N) is 1. The van der Waals surface area contributed by atoms with Gasteiger partial charge in [0.15, 0.2) is 0 Å². The summed E-state index contributed by atoms with van der Waals surface area (Å²) in [6.45, 7) is 0.0308. The van der Waals surface area contributed by atoms with E-state index >= 15 is 0 Å². The van der Waals surface area contributed by atoms with Crippen molar-refractivity contribution in [3.63, 3.8) is 0 Å². The highest BCUT2D eigenvalue weighted by Gasteiger charge is 2.16. The third-order valence-electron chi connectivity index (χ3n) is 5.67. The Morgan fingerprint density at radius 1 is 0.677 bits per heavy atom. The molecule has 0 fully saturated rings. The van der Waals surface area contributed by atoms with Gasteiger partial charge < -0.3 is 14.7 Å². The molecule has 0 saturated heterocycles. The first-order valence-electron chi connectivity index (χ1n) is 10.3. The number of ether oxygens (including phenoxy) is 1. The van der Waals surface area contributed by atoms with Crippen molar-refractivity contribution in [3.8, 4) is 5.75 Å². The van der Waals surface area contributed by atoms with Crippen LogP contribution >= 0.6 is 0 Å². The summed E-state index contributed by atoms with van der Waals surface area (Å²) < 4.78 is 5.36. The zero-order valence-electron chi connectivity index (χ0n) is 17.3. The Hall–Kier alpha value is -3.82. The summed E-state index contributed by atoms with van der Waals surface area (Å²) in [6, 6.07) is 35.5. The van der Waals surface area contributed by atoms with Crippen LogP contribution in [0.3, 0.4) is 0 Å². The quantitative estimate of drug-likeness (QED) is 0.321. The average molecular weight is 405 g/mol. The molecule has 5 rings (SSSR count). The van der Waals surface area contributed by atoms with Gasteiger partial charge in [-0.05, 0) is 76.3 Å². The van der Waals surface area contributed by atoms with E-state index in [0.29, 0.717) is 0 Å². The monoisotopic (exact) mass is 405 g/mol. The van der Waals surface area contributed by atoms with Crippen LogP contribution in [0.2, 0.25) is 0 Å². The predicted octanol–water partition coefficient (Wildman–Crippen LogP) is 6.96. The number of aliphatic hydroxyl groups excluding tert-OH is 1. The van der Waals surface area contributed by atoms with Gasteiger partial charge in [0, 0.05) is 16.8 Å². The summed E-state index contributed by atoms with van der Waals surface area (Å²) in [4.78, 5) is 2.25. The van der Waals surface area contributed by atoms with Gasteiger partial charge in [0.25, 0.3) is 0 Å². The van der Waals surface area contributed by atoms with Crippen LogP contribution in [0.4, 0.5) is 17.1 Å². The summed E-state index contributed by atoms with van der Waals surface area (Å²) in [5.41, 5.74) is 4.06. The molecule has 0 aliphatic heterocycles. The minimum absolute atomic E-state index is 0.0308. The summed E-state index contributed by atoms with van der Waals surface area (Å²) in [5, 5.41) is 14.3. The molecule has 3 heteroatoms. The maximum atomic E-state index is 9.47.